The van der Waals surface area contributed by atoms with Crippen molar-refractivity contribution in [2.45, 2.75) is 38.8 Å². The van der Waals surface area contributed by atoms with Gasteiger partial charge in [-0.05, 0) is 65.6 Å². The van der Waals surface area contributed by atoms with Crippen molar-refractivity contribution >= 4 is 37.7 Å². The van der Waals surface area contributed by atoms with E-state index in [4.69, 9.17) is 0 Å². The average Bonchev–Trinajstić information content (AvgIpc) is 2.08. The summed E-state index contributed by atoms with van der Waals surface area (Å²) in [5.41, 5.74) is -1.32. The topological polar surface area (TPSA) is 45.1 Å². The molecule has 1 aromatic heterocycles. The van der Waals surface area contributed by atoms with Crippen molar-refractivity contribution in [3.8, 4) is 0 Å². The summed E-state index contributed by atoms with van der Waals surface area (Å²) in [4.78, 5) is 4.26. The van der Waals surface area contributed by atoms with Crippen molar-refractivity contribution < 1.29 is 5.11 Å². The third kappa shape index (κ3) is 3.18. The fraction of sp³-hybridized carbons (Fsp3) is 0.545. The van der Waals surface area contributed by atoms with Crippen LogP contribution in [-0.4, -0.2) is 21.2 Å². The van der Waals surface area contributed by atoms with Crippen molar-refractivity contribution in [3.63, 3.8) is 0 Å². The monoisotopic (exact) mass is 350 g/mol. The van der Waals surface area contributed by atoms with E-state index in [1.807, 2.05) is 19.9 Å². The molecule has 1 heterocycles. The van der Waals surface area contributed by atoms with Gasteiger partial charge in [-0.2, -0.15) is 0 Å². The van der Waals surface area contributed by atoms with Gasteiger partial charge in [-0.1, -0.05) is 0 Å². The Morgan fingerprint density at radius 2 is 1.81 bits per heavy atom. The number of halogens is 2. The van der Waals surface area contributed by atoms with E-state index in [0.29, 0.717) is 0 Å². The Labute approximate surface area is 113 Å². The summed E-state index contributed by atoms with van der Waals surface area (Å²) in [6.07, 6.45) is 1.72. The molecule has 90 valence electrons. The van der Waals surface area contributed by atoms with Gasteiger partial charge in [0, 0.05) is 10.7 Å². The van der Waals surface area contributed by atoms with E-state index in [-0.39, 0.29) is 0 Å². The Morgan fingerprint density at radius 3 is 2.25 bits per heavy atom. The fourth-order valence-electron chi connectivity index (χ4n) is 0.956. The summed E-state index contributed by atoms with van der Waals surface area (Å²) >= 11 is 6.78. The van der Waals surface area contributed by atoms with Crippen LogP contribution >= 0.6 is 31.9 Å². The first-order valence-electron chi connectivity index (χ1n) is 4.95. The zero-order chi connectivity index (χ0) is 12.6. The van der Waals surface area contributed by atoms with Gasteiger partial charge in [0.1, 0.15) is 5.82 Å². The van der Waals surface area contributed by atoms with Crippen LogP contribution in [-0.2, 0) is 0 Å². The molecule has 0 fully saturated rings. The van der Waals surface area contributed by atoms with Crippen LogP contribution in [0, 0.1) is 0 Å². The molecule has 0 atom stereocenters. The number of pyridine rings is 1. The number of aromatic nitrogens is 1. The van der Waals surface area contributed by atoms with Crippen molar-refractivity contribution in [2.75, 3.05) is 5.32 Å². The lowest BCUT2D eigenvalue weighted by atomic mass is 9.86. The molecular weight excluding hydrogens is 336 g/mol. The SMILES string of the molecule is CC(C)(O)C(C)(C)Nc1ncc(Br)cc1Br. The van der Waals surface area contributed by atoms with Gasteiger partial charge in [0.15, 0.2) is 0 Å². The predicted octanol–water partition coefficient (Wildman–Crippen LogP) is 3.57. The molecule has 0 aliphatic carbocycles. The van der Waals surface area contributed by atoms with Crippen molar-refractivity contribution in [2.24, 2.45) is 0 Å². The average molecular weight is 352 g/mol. The summed E-state index contributed by atoms with van der Waals surface area (Å²) in [6.45, 7) is 7.41. The number of nitrogens with one attached hydrogen (secondary N) is 1. The largest absolute Gasteiger partial charge is 0.388 e. The lowest BCUT2D eigenvalue weighted by Crippen LogP contribution is -2.51. The number of anilines is 1. The summed E-state index contributed by atoms with van der Waals surface area (Å²) in [7, 11) is 0. The first-order chi connectivity index (χ1) is 7.13. The molecule has 1 aromatic rings. The van der Waals surface area contributed by atoms with Gasteiger partial charge in [-0.25, -0.2) is 4.98 Å². The van der Waals surface area contributed by atoms with Gasteiger partial charge in [-0.15, -0.1) is 0 Å². The van der Waals surface area contributed by atoms with Crippen LogP contribution in [0.15, 0.2) is 21.2 Å². The van der Waals surface area contributed by atoms with E-state index in [2.05, 4.69) is 42.2 Å². The first kappa shape index (κ1) is 13.9. The molecule has 0 saturated heterocycles. The molecule has 16 heavy (non-hydrogen) atoms. The second kappa shape index (κ2) is 4.63. The van der Waals surface area contributed by atoms with E-state index in [9.17, 15) is 5.11 Å². The van der Waals surface area contributed by atoms with Crippen LogP contribution in [0.25, 0.3) is 0 Å². The highest BCUT2D eigenvalue weighted by Crippen LogP contribution is 2.30. The Balaban J connectivity index is 2.97. The molecule has 0 radical (unpaired) electrons. The molecule has 0 amide bonds. The second-order valence-corrected chi connectivity index (χ2v) is 6.56. The minimum atomic E-state index is -0.846. The molecule has 5 heteroatoms. The zero-order valence-electron chi connectivity index (χ0n) is 9.81. The number of aliphatic hydroxyl groups is 1. The first-order valence-corrected chi connectivity index (χ1v) is 6.54. The number of hydrogen-bond acceptors (Lipinski definition) is 3. The molecule has 0 aliphatic rings. The normalized spacial score (nSPS) is 12.7. The molecule has 2 N–H and O–H groups in total. The minimum absolute atomic E-state index is 0.476. The van der Waals surface area contributed by atoms with Crippen LogP contribution < -0.4 is 5.32 Å². The van der Waals surface area contributed by atoms with Crippen LogP contribution in [0.5, 0.6) is 0 Å². The Morgan fingerprint density at radius 1 is 1.25 bits per heavy atom. The summed E-state index contributed by atoms with van der Waals surface area (Å²) in [6, 6.07) is 1.91. The maximum Gasteiger partial charge on any atom is 0.140 e. The fourth-order valence-corrected chi connectivity index (χ4v) is 2.04. The molecule has 0 saturated carbocycles. The van der Waals surface area contributed by atoms with E-state index < -0.39 is 11.1 Å². The van der Waals surface area contributed by atoms with Gasteiger partial charge in [0.2, 0.25) is 0 Å². The summed E-state index contributed by atoms with van der Waals surface area (Å²) in [5.74, 6) is 0.718. The molecule has 1 rings (SSSR count). The Kier molecular flexibility index (Phi) is 4.03. The standard InChI is InChI=1S/C11H16Br2N2O/c1-10(2,11(3,4)16)15-9-8(13)5-7(12)6-14-9/h5-6,16H,1-4H3,(H,14,15). The van der Waals surface area contributed by atoms with E-state index in [0.717, 1.165) is 14.8 Å². The zero-order valence-corrected chi connectivity index (χ0v) is 13.0. The van der Waals surface area contributed by atoms with Gasteiger partial charge >= 0.3 is 0 Å². The number of rotatable bonds is 3. The maximum atomic E-state index is 10.0. The van der Waals surface area contributed by atoms with Gasteiger partial charge < -0.3 is 10.4 Å². The lowest BCUT2D eigenvalue weighted by molar-refractivity contribution is 0.0238. The molecule has 0 aliphatic heterocycles. The Hall–Kier alpha value is -0.130. The minimum Gasteiger partial charge on any atom is -0.388 e. The summed E-state index contributed by atoms with van der Waals surface area (Å²) < 4.78 is 1.77. The highest BCUT2D eigenvalue weighted by molar-refractivity contribution is 9.11. The molecular formula is C11H16Br2N2O. The predicted molar refractivity (Wildman–Crippen MR) is 73.6 cm³/mol. The van der Waals surface area contributed by atoms with Gasteiger partial charge in [0.05, 0.1) is 15.6 Å². The van der Waals surface area contributed by atoms with Crippen LogP contribution in [0.1, 0.15) is 27.7 Å². The van der Waals surface area contributed by atoms with Gasteiger partial charge in [-0.3, -0.25) is 0 Å². The smallest absolute Gasteiger partial charge is 0.140 e. The van der Waals surface area contributed by atoms with Crippen molar-refractivity contribution in [3.05, 3.63) is 21.2 Å². The molecule has 0 aromatic carbocycles. The summed E-state index contributed by atoms with van der Waals surface area (Å²) in [5, 5.41) is 13.3. The third-order valence-electron chi connectivity index (χ3n) is 2.77. The number of hydrogen-bond donors (Lipinski definition) is 2. The quantitative estimate of drug-likeness (QED) is 0.875. The number of nitrogens with zero attached hydrogens (tertiary/aromatic N) is 1. The molecule has 3 nitrogen and oxygen atoms in total. The highest BCUT2D eigenvalue weighted by Gasteiger charge is 2.35. The molecule has 0 unspecified atom stereocenters. The van der Waals surface area contributed by atoms with Crippen molar-refractivity contribution in [1.29, 1.82) is 0 Å². The molecule has 0 bridgehead atoms. The van der Waals surface area contributed by atoms with E-state index in [1.165, 1.54) is 0 Å². The Bertz CT molecular complexity index is 386. The third-order valence-corrected chi connectivity index (χ3v) is 3.81. The van der Waals surface area contributed by atoms with E-state index in [1.54, 1.807) is 20.0 Å². The maximum absolute atomic E-state index is 10.0. The highest BCUT2D eigenvalue weighted by atomic mass is 79.9. The van der Waals surface area contributed by atoms with Crippen LogP contribution in [0.4, 0.5) is 5.82 Å². The van der Waals surface area contributed by atoms with Gasteiger partial charge in [0.25, 0.3) is 0 Å². The second-order valence-electron chi connectivity index (χ2n) is 4.79. The molecule has 0 spiro atoms. The van der Waals surface area contributed by atoms with E-state index >= 15 is 0 Å². The lowest BCUT2D eigenvalue weighted by Gasteiger charge is -2.38. The van der Waals surface area contributed by atoms with Crippen LogP contribution in [0.3, 0.4) is 0 Å². The van der Waals surface area contributed by atoms with Crippen LogP contribution in [0.2, 0.25) is 0 Å². The van der Waals surface area contributed by atoms with Crippen molar-refractivity contribution in [1.82, 2.24) is 4.98 Å².